The second-order valence-corrected chi connectivity index (χ2v) is 4.23. The molecule has 2 aromatic rings. The number of aryl methyl sites for hydroxylation is 1. The molecule has 0 saturated carbocycles. The van der Waals surface area contributed by atoms with Gasteiger partial charge in [-0.15, -0.1) is 6.42 Å². The van der Waals surface area contributed by atoms with Crippen LogP contribution < -0.4 is 0 Å². The van der Waals surface area contributed by atoms with Gasteiger partial charge in [0.15, 0.2) is 6.61 Å². The van der Waals surface area contributed by atoms with Crippen LogP contribution in [0.4, 0.5) is 0 Å². The van der Waals surface area contributed by atoms with Crippen molar-refractivity contribution in [1.82, 2.24) is 0 Å². The first-order valence-electron chi connectivity index (χ1n) is 5.98. The van der Waals surface area contributed by atoms with Crippen molar-refractivity contribution in [3.8, 4) is 23.5 Å². The molecule has 0 aliphatic rings. The number of terminal acetylenes is 1. The minimum Gasteiger partial charge on any atom is -0.449 e. The highest BCUT2D eigenvalue weighted by Crippen LogP contribution is 2.21. The molecule has 2 aromatic carbocycles. The average Bonchev–Trinajstić information content (AvgIpc) is 2.45. The van der Waals surface area contributed by atoms with Crippen LogP contribution in [-0.4, -0.2) is 12.6 Å². The third kappa shape index (κ3) is 3.23. The molecule has 0 amide bonds. The summed E-state index contributed by atoms with van der Waals surface area (Å²) < 4.78 is 4.92. The van der Waals surface area contributed by atoms with E-state index in [1.807, 2.05) is 43.3 Å². The van der Waals surface area contributed by atoms with Crippen LogP contribution in [0.5, 0.6) is 0 Å². The summed E-state index contributed by atoms with van der Waals surface area (Å²) in [5.74, 6) is 1.88. The fourth-order valence-electron chi connectivity index (χ4n) is 1.84. The fourth-order valence-corrected chi connectivity index (χ4v) is 1.84. The summed E-state index contributed by atoms with van der Waals surface area (Å²) >= 11 is 0. The van der Waals surface area contributed by atoms with Gasteiger partial charge >= 0.3 is 5.97 Å². The summed E-state index contributed by atoms with van der Waals surface area (Å²) in [4.78, 5) is 11.7. The molecule has 0 unspecified atom stereocenters. The number of carbonyl (C=O) groups excluding carboxylic acids is 1. The largest absolute Gasteiger partial charge is 0.449 e. The molecule has 0 aliphatic heterocycles. The lowest BCUT2D eigenvalue weighted by molar-refractivity contribution is 0.0557. The zero-order valence-electron chi connectivity index (χ0n) is 10.7. The normalized spacial score (nSPS) is 9.68. The monoisotopic (exact) mass is 250 g/mol. The van der Waals surface area contributed by atoms with Crippen LogP contribution >= 0.6 is 0 Å². The maximum atomic E-state index is 11.7. The Labute approximate surface area is 113 Å². The molecule has 0 saturated heterocycles. The van der Waals surface area contributed by atoms with E-state index < -0.39 is 5.97 Å². The molecule has 0 atom stereocenters. The average molecular weight is 250 g/mol. The van der Waals surface area contributed by atoms with Gasteiger partial charge in [-0.25, -0.2) is 4.79 Å². The lowest BCUT2D eigenvalue weighted by atomic mass is 10.0. The first-order valence-corrected chi connectivity index (χ1v) is 5.98. The molecule has 0 aromatic heterocycles. The summed E-state index contributed by atoms with van der Waals surface area (Å²) in [7, 11) is 0. The first kappa shape index (κ1) is 12.9. The Balaban J connectivity index is 2.29. The molecule has 94 valence electrons. The Morgan fingerprint density at radius 3 is 2.53 bits per heavy atom. The van der Waals surface area contributed by atoms with Gasteiger partial charge in [0.1, 0.15) is 0 Å². The Morgan fingerprint density at radius 1 is 1.16 bits per heavy atom. The van der Waals surface area contributed by atoms with Crippen molar-refractivity contribution in [2.24, 2.45) is 0 Å². The molecular weight excluding hydrogens is 236 g/mol. The van der Waals surface area contributed by atoms with Crippen LogP contribution in [0.25, 0.3) is 11.1 Å². The molecule has 2 heteroatoms. The first-order chi connectivity index (χ1) is 9.20. The van der Waals surface area contributed by atoms with E-state index in [1.165, 1.54) is 5.56 Å². The molecule has 0 fully saturated rings. The molecule has 2 rings (SSSR count). The quantitative estimate of drug-likeness (QED) is 0.616. The fraction of sp³-hybridized carbons (Fsp3) is 0.118. The molecule has 0 heterocycles. The van der Waals surface area contributed by atoms with Gasteiger partial charge in [-0.05, 0) is 30.2 Å². The van der Waals surface area contributed by atoms with E-state index in [4.69, 9.17) is 11.2 Å². The maximum Gasteiger partial charge on any atom is 0.339 e. The number of hydrogen-bond acceptors (Lipinski definition) is 2. The van der Waals surface area contributed by atoms with E-state index in [2.05, 4.69) is 12.0 Å². The highest BCUT2D eigenvalue weighted by Gasteiger charge is 2.07. The predicted molar refractivity (Wildman–Crippen MR) is 75.7 cm³/mol. The zero-order chi connectivity index (χ0) is 13.7. The SMILES string of the molecule is C#CCOC(=O)c1cccc(-c2cccc(C)c2)c1. The number of benzene rings is 2. The second kappa shape index (κ2) is 5.88. The van der Waals surface area contributed by atoms with Crippen molar-refractivity contribution in [2.45, 2.75) is 6.92 Å². The molecule has 0 aliphatic carbocycles. The number of rotatable bonds is 3. The number of esters is 1. The Kier molecular flexibility index (Phi) is 4.00. The van der Waals surface area contributed by atoms with Crippen molar-refractivity contribution < 1.29 is 9.53 Å². The maximum absolute atomic E-state index is 11.7. The molecule has 0 spiro atoms. The summed E-state index contributed by atoms with van der Waals surface area (Å²) in [6, 6.07) is 15.5. The van der Waals surface area contributed by atoms with Crippen molar-refractivity contribution in [3.05, 3.63) is 59.7 Å². The Hall–Kier alpha value is -2.53. The van der Waals surface area contributed by atoms with Crippen LogP contribution in [-0.2, 0) is 4.74 Å². The van der Waals surface area contributed by atoms with E-state index in [-0.39, 0.29) is 6.61 Å². The van der Waals surface area contributed by atoms with E-state index in [1.54, 1.807) is 6.07 Å². The van der Waals surface area contributed by atoms with Crippen LogP contribution in [0.3, 0.4) is 0 Å². The third-order valence-corrected chi connectivity index (χ3v) is 2.74. The van der Waals surface area contributed by atoms with Gasteiger partial charge in [0, 0.05) is 0 Å². The molecule has 19 heavy (non-hydrogen) atoms. The number of ether oxygens (including phenoxy) is 1. The van der Waals surface area contributed by atoms with Crippen LogP contribution in [0, 0.1) is 19.3 Å². The van der Waals surface area contributed by atoms with Gasteiger partial charge in [-0.3, -0.25) is 0 Å². The highest BCUT2D eigenvalue weighted by atomic mass is 16.5. The Bertz CT molecular complexity index is 636. The van der Waals surface area contributed by atoms with Crippen molar-refractivity contribution >= 4 is 5.97 Å². The summed E-state index contributed by atoms with van der Waals surface area (Å²) in [6.07, 6.45) is 5.07. The highest BCUT2D eigenvalue weighted by molar-refractivity contribution is 5.91. The number of hydrogen-bond donors (Lipinski definition) is 0. The van der Waals surface area contributed by atoms with E-state index in [0.29, 0.717) is 5.56 Å². The molecule has 0 radical (unpaired) electrons. The van der Waals surface area contributed by atoms with Gasteiger partial charge in [0.05, 0.1) is 5.56 Å². The molecule has 2 nitrogen and oxygen atoms in total. The lowest BCUT2D eigenvalue weighted by Gasteiger charge is -2.06. The summed E-state index contributed by atoms with van der Waals surface area (Å²) in [6.45, 7) is 2.03. The topological polar surface area (TPSA) is 26.3 Å². The smallest absolute Gasteiger partial charge is 0.339 e. The van der Waals surface area contributed by atoms with Gasteiger partial charge in [-0.2, -0.15) is 0 Å². The minimum absolute atomic E-state index is 0.00644. The van der Waals surface area contributed by atoms with E-state index in [9.17, 15) is 4.79 Å². The molecule has 0 N–H and O–H groups in total. The van der Waals surface area contributed by atoms with Crippen molar-refractivity contribution in [2.75, 3.05) is 6.61 Å². The van der Waals surface area contributed by atoms with Gasteiger partial charge in [-0.1, -0.05) is 47.9 Å². The third-order valence-electron chi connectivity index (χ3n) is 2.74. The van der Waals surface area contributed by atoms with Gasteiger partial charge in [0.2, 0.25) is 0 Å². The van der Waals surface area contributed by atoms with Crippen molar-refractivity contribution in [1.29, 1.82) is 0 Å². The van der Waals surface area contributed by atoms with Crippen LogP contribution in [0.15, 0.2) is 48.5 Å². The van der Waals surface area contributed by atoms with Crippen molar-refractivity contribution in [3.63, 3.8) is 0 Å². The summed E-state index contributed by atoms with van der Waals surface area (Å²) in [5, 5.41) is 0. The number of carbonyl (C=O) groups is 1. The molecular formula is C17H14O2. The van der Waals surface area contributed by atoms with Gasteiger partial charge in [0.25, 0.3) is 0 Å². The second-order valence-electron chi connectivity index (χ2n) is 4.23. The van der Waals surface area contributed by atoms with E-state index in [0.717, 1.165) is 11.1 Å². The van der Waals surface area contributed by atoms with E-state index >= 15 is 0 Å². The van der Waals surface area contributed by atoms with Crippen LogP contribution in [0.1, 0.15) is 15.9 Å². The minimum atomic E-state index is -0.396. The summed E-state index contributed by atoms with van der Waals surface area (Å²) in [5.41, 5.74) is 3.75. The molecule has 0 bridgehead atoms. The van der Waals surface area contributed by atoms with Gasteiger partial charge < -0.3 is 4.74 Å². The van der Waals surface area contributed by atoms with Crippen LogP contribution in [0.2, 0.25) is 0 Å². The Morgan fingerprint density at radius 2 is 1.84 bits per heavy atom. The zero-order valence-corrected chi connectivity index (χ0v) is 10.7. The lowest BCUT2D eigenvalue weighted by Crippen LogP contribution is -2.05. The standard InChI is InChI=1S/C17H14O2/c1-3-10-19-17(18)16-9-5-8-15(12-16)14-7-4-6-13(2)11-14/h1,4-9,11-12H,10H2,2H3. The predicted octanol–water partition coefficient (Wildman–Crippen LogP) is 3.45.